The van der Waals surface area contributed by atoms with Gasteiger partial charge in [-0.1, -0.05) is 33.6 Å². The average Bonchev–Trinajstić information content (AvgIpc) is 3.32. The molecule has 0 bridgehead atoms. The Morgan fingerprint density at radius 3 is 2.67 bits per heavy atom. The number of unbranched alkanes of at least 4 members (excludes halogenated alkanes) is 1. The first-order valence-electron chi connectivity index (χ1n) is 8.60. The molecule has 6 heteroatoms. The molecule has 1 saturated carbocycles. The van der Waals surface area contributed by atoms with Crippen LogP contribution < -0.4 is 10.1 Å². The van der Waals surface area contributed by atoms with E-state index in [1.54, 1.807) is 12.1 Å². The summed E-state index contributed by atoms with van der Waals surface area (Å²) in [6.45, 7) is 6.47. The van der Waals surface area contributed by atoms with Crippen molar-refractivity contribution >= 4 is 17.3 Å². The molecule has 1 N–H and O–H groups in total. The van der Waals surface area contributed by atoms with E-state index in [0.717, 1.165) is 32.1 Å². The lowest BCUT2D eigenvalue weighted by Gasteiger charge is -2.15. The van der Waals surface area contributed by atoms with Crippen molar-refractivity contribution in [3.63, 3.8) is 0 Å². The molecule has 6 nitrogen and oxygen atoms in total. The number of nitrogens with zero attached hydrogens (tertiary/aromatic N) is 1. The van der Waals surface area contributed by atoms with Crippen LogP contribution in [0.4, 0.5) is 11.4 Å². The van der Waals surface area contributed by atoms with E-state index in [2.05, 4.69) is 12.2 Å². The zero-order valence-electron chi connectivity index (χ0n) is 14.6. The molecule has 0 spiro atoms. The molecule has 1 amide bonds. The zero-order chi connectivity index (χ0) is 17.7. The molecule has 1 aromatic carbocycles. The van der Waals surface area contributed by atoms with Crippen molar-refractivity contribution < 1.29 is 14.5 Å². The predicted octanol–water partition coefficient (Wildman–Crippen LogP) is 4.54. The van der Waals surface area contributed by atoms with Crippen LogP contribution in [-0.2, 0) is 4.79 Å². The second-order valence-electron chi connectivity index (χ2n) is 6.98. The standard InChI is InChI=1S/C18H26N2O4/c1-4-5-8-18(9-10-18)17(21)19-14-6-7-16(24-12-13(2)3)15(11-14)20(22)23/h6-7,11,13H,4-5,8-10,12H2,1-3H3,(H,19,21). The summed E-state index contributed by atoms with van der Waals surface area (Å²) in [5, 5.41) is 14.1. The summed E-state index contributed by atoms with van der Waals surface area (Å²) >= 11 is 0. The number of benzene rings is 1. The molecule has 0 aliphatic heterocycles. The monoisotopic (exact) mass is 334 g/mol. The van der Waals surface area contributed by atoms with Gasteiger partial charge in [0.25, 0.3) is 0 Å². The molecule has 0 unspecified atom stereocenters. The van der Waals surface area contributed by atoms with Gasteiger partial charge in [-0.05, 0) is 37.3 Å². The van der Waals surface area contributed by atoms with Gasteiger partial charge in [0, 0.05) is 17.2 Å². The molecule has 1 aliphatic rings. The Bertz CT molecular complexity index is 609. The van der Waals surface area contributed by atoms with Crippen LogP contribution in [-0.4, -0.2) is 17.4 Å². The van der Waals surface area contributed by atoms with Crippen molar-refractivity contribution in [3.05, 3.63) is 28.3 Å². The molecule has 1 aliphatic carbocycles. The van der Waals surface area contributed by atoms with Crippen molar-refractivity contribution in [1.29, 1.82) is 0 Å². The number of hydrogen-bond donors (Lipinski definition) is 1. The van der Waals surface area contributed by atoms with Crippen LogP contribution >= 0.6 is 0 Å². The fourth-order valence-electron chi connectivity index (χ4n) is 2.64. The Kier molecular flexibility index (Phi) is 5.80. The van der Waals surface area contributed by atoms with Gasteiger partial charge in [0.15, 0.2) is 5.75 Å². The minimum atomic E-state index is -0.477. The highest BCUT2D eigenvalue weighted by Crippen LogP contribution is 2.50. The van der Waals surface area contributed by atoms with Gasteiger partial charge in [-0.15, -0.1) is 0 Å². The van der Waals surface area contributed by atoms with Gasteiger partial charge in [-0.25, -0.2) is 0 Å². The van der Waals surface area contributed by atoms with Crippen LogP contribution in [0.3, 0.4) is 0 Å². The third kappa shape index (κ3) is 4.46. The lowest BCUT2D eigenvalue weighted by atomic mass is 9.98. The van der Waals surface area contributed by atoms with E-state index in [9.17, 15) is 14.9 Å². The van der Waals surface area contributed by atoms with E-state index in [-0.39, 0.29) is 28.7 Å². The van der Waals surface area contributed by atoms with Crippen LogP contribution in [0.15, 0.2) is 18.2 Å². The first-order valence-corrected chi connectivity index (χ1v) is 8.60. The quantitative estimate of drug-likeness (QED) is 0.531. The number of nitrogens with one attached hydrogen (secondary N) is 1. The van der Waals surface area contributed by atoms with Crippen molar-refractivity contribution in [1.82, 2.24) is 0 Å². The van der Waals surface area contributed by atoms with Crippen LogP contribution in [0.5, 0.6) is 5.75 Å². The molecule has 0 heterocycles. The Labute approximate surface area is 142 Å². The van der Waals surface area contributed by atoms with Crippen molar-refractivity contribution in [2.24, 2.45) is 11.3 Å². The van der Waals surface area contributed by atoms with Gasteiger partial charge >= 0.3 is 5.69 Å². The third-order valence-electron chi connectivity index (χ3n) is 4.33. The average molecular weight is 334 g/mol. The molecule has 0 atom stereocenters. The van der Waals surface area contributed by atoms with E-state index in [1.165, 1.54) is 6.07 Å². The van der Waals surface area contributed by atoms with Crippen molar-refractivity contribution in [3.8, 4) is 5.75 Å². The van der Waals surface area contributed by atoms with E-state index < -0.39 is 4.92 Å². The molecule has 1 aromatic rings. The number of ether oxygens (including phenoxy) is 1. The minimum Gasteiger partial charge on any atom is -0.487 e. The summed E-state index contributed by atoms with van der Waals surface area (Å²) < 4.78 is 5.50. The molecule has 132 valence electrons. The molecule has 24 heavy (non-hydrogen) atoms. The number of rotatable bonds is 9. The SMILES string of the molecule is CCCCC1(C(=O)Nc2ccc(OCC(C)C)c([N+](=O)[O-])c2)CC1. The van der Waals surface area contributed by atoms with E-state index >= 15 is 0 Å². The summed E-state index contributed by atoms with van der Waals surface area (Å²) in [5.41, 5.74) is 0.0654. The Balaban J connectivity index is 2.09. The topological polar surface area (TPSA) is 81.5 Å². The highest BCUT2D eigenvalue weighted by molar-refractivity contribution is 5.97. The van der Waals surface area contributed by atoms with Crippen LogP contribution in [0.1, 0.15) is 52.9 Å². The van der Waals surface area contributed by atoms with Gasteiger partial charge in [0.2, 0.25) is 5.91 Å². The normalized spacial score (nSPS) is 15.2. The second-order valence-corrected chi connectivity index (χ2v) is 6.98. The maximum atomic E-state index is 12.5. The zero-order valence-corrected chi connectivity index (χ0v) is 14.6. The summed E-state index contributed by atoms with van der Waals surface area (Å²) in [5.74, 6) is 0.484. The van der Waals surface area contributed by atoms with E-state index in [0.29, 0.717) is 12.3 Å². The molecule has 0 aromatic heterocycles. The molecular weight excluding hydrogens is 308 g/mol. The van der Waals surface area contributed by atoms with Gasteiger partial charge < -0.3 is 10.1 Å². The summed E-state index contributed by atoms with van der Waals surface area (Å²) in [6.07, 6.45) is 4.76. The van der Waals surface area contributed by atoms with Crippen molar-refractivity contribution in [2.75, 3.05) is 11.9 Å². The largest absolute Gasteiger partial charge is 0.487 e. The van der Waals surface area contributed by atoms with Gasteiger partial charge in [0.1, 0.15) is 0 Å². The van der Waals surface area contributed by atoms with E-state index in [1.807, 2.05) is 13.8 Å². The van der Waals surface area contributed by atoms with Crippen molar-refractivity contribution in [2.45, 2.75) is 52.9 Å². The predicted molar refractivity (Wildman–Crippen MR) is 93.3 cm³/mol. The molecule has 1 fully saturated rings. The van der Waals surface area contributed by atoms with Crippen LogP contribution in [0, 0.1) is 21.4 Å². The fraction of sp³-hybridized carbons (Fsp3) is 0.611. The maximum Gasteiger partial charge on any atom is 0.312 e. The Morgan fingerprint density at radius 2 is 2.12 bits per heavy atom. The number of carbonyl (C=O) groups is 1. The number of nitro groups is 1. The Hall–Kier alpha value is -2.11. The number of anilines is 1. The smallest absolute Gasteiger partial charge is 0.312 e. The fourth-order valence-corrected chi connectivity index (χ4v) is 2.64. The minimum absolute atomic E-state index is 0.0268. The lowest BCUT2D eigenvalue weighted by molar-refractivity contribution is -0.385. The van der Waals surface area contributed by atoms with Gasteiger partial charge in [0.05, 0.1) is 11.5 Å². The Morgan fingerprint density at radius 1 is 1.42 bits per heavy atom. The summed E-state index contributed by atoms with van der Waals surface area (Å²) in [7, 11) is 0. The highest BCUT2D eigenvalue weighted by Gasteiger charge is 2.48. The first-order chi connectivity index (χ1) is 11.4. The summed E-state index contributed by atoms with van der Waals surface area (Å²) in [4.78, 5) is 23.3. The molecule has 0 saturated heterocycles. The second kappa shape index (κ2) is 7.64. The van der Waals surface area contributed by atoms with Crippen LogP contribution in [0.2, 0.25) is 0 Å². The van der Waals surface area contributed by atoms with E-state index in [4.69, 9.17) is 4.74 Å². The lowest BCUT2D eigenvalue weighted by Crippen LogP contribution is -2.24. The number of hydrogen-bond acceptors (Lipinski definition) is 4. The molecule has 0 radical (unpaired) electrons. The van der Waals surface area contributed by atoms with Crippen LogP contribution in [0.25, 0.3) is 0 Å². The number of nitro benzene ring substituents is 1. The summed E-state index contributed by atoms with van der Waals surface area (Å²) in [6, 6.07) is 4.60. The first kappa shape index (κ1) is 18.2. The van der Waals surface area contributed by atoms with Gasteiger partial charge in [-0.2, -0.15) is 0 Å². The molecule has 2 rings (SSSR count). The molecular formula is C18H26N2O4. The third-order valence-corrected chi connectivity index (χ3v) is 4.33. The number of carbonyl (C=O) groups excluding carboxylic acids is 1. The maximum absolute atomic E-state index is 12.5. The number of amides is 1. The van der Waals surface area contributed by atoms with Gasteiger partial charge in [-0.3, -0.25) is 14.9 Å². The highest BCUT2D eigenvalue weighted by atomic mass is 16.6.